The summed E-state index contributed by atoms with van der Waals surface area (Å²) in [6.07, 6.45) is 1.62. The molecule has 0 fully saturated rings. The lowest BCUT2D eigenvalue weighted by Crippen LogP contribution is -2.44. The molecule has 11 heteroatoms. The van der Waals surface area contributed by atoms with Crippen LogP contribution >= 0.6 is 0 Å². The van der Waals surface area contributed by atoms with Gasteiger partial charge in [0.15, 0.2) is 5.69 Å². The molecule has 1 aliphatic rings. The molecular formula is C24H30FN5O5. The SMILES string of the molecule is Cc1ccc(CNC(=O)c2nc3n(c(=O)c2O)C(C)CCCC3N(C)C(=O)C(=O)N(C)C)cc1F. The number of benzene rings is 1. The number of aryl methyl sites for hydroxylation is 1. The predicted molar refractivity (Wildman–Crippen MR) is 125 cm³/mol. The van der Waals surface area contributed by atoms with Crippen LogP contribution in [0, 0.1) is 12.7 Å². The molecule has 1 aromatic heterocycles. The van der Waals surface area contributed by atoms with Crippen LogP contribution in [0.4, 0.5) is 4.39 Å². The first-order chi connectivity index (χ1) is 16.4. The number of amides is 3. The van der Waals surface area contributed by atoms with Crippen LogP contribution < -0.4 is 10.9 Å². The molecule has 2 heterocycles. The number of carbonyl (C=O) groups excluding carboxylic acids is 3. The third-order valence-electron chi connectivity index (χ3n) is 6.24. The van der Waals surface area contributed by atoms with Gasteiger partial charge in [0, 0.05) is 33.7 Å². The molecule has 0 spiro atoms. The summed E-state index contributed by atoms with van der Waals surface area (Å²) in [4.78, 5) is 57.7. The number of fused-ring (bicyclic) bond motifs is 1. The quantitative estimate of drug-likeness (QED) is 0.632. The topological polar surface area (TPSA) is 125 Å². The maximum atomic E-state index is 13.8. The van der Waals surface area contributed by atoms with Gasteiger partial charge in [0.05, 0.1) is 6.04 Å². The van der Waals surface area contributed by atoms with Gasteiger partial charge in [0.25, 0.3) is 11.5 Å². The Bertz CT molecular complexity index is 1230. The molecule has 1 aromatic carbocycles. The molecular weight excluding hydrogens is 457 g/mol. The Morgan fingerprint density at radius 2 is 1.89 bits per heavy atom. The van der Waals surface area contributed by atoms with Crippen molar-refractivity contribution in [1.29, 1.82) is 0 Å². The largest absolute Gasteiger partial charge is 0.501 e. The van der Waals surface area contributed by atoms with Crippen LogP contribution in [0.25, 0.3) is 0 Å². The highest BCUT2D eigenvalue weighted by Gasteiger charge is 2.35. The molecule has 35 heavy (non-hydrogen) atoms. The van der Waals surface area contributed by atoms with Crippen molar-refractivity contribution in [3.8, 4) is 5.75 Å². The van der Waals surface area contributed by atoms with Crippen LogP contribution in [-0.2, 0) is 16.1 Å². The van der Waals surface area contributed by atoms with E-state index in [4.69, 9.17) is 0 Å². The number of carbonyl (C=O) groups is 3. The monoisotopic (exact) mass is 487 g/mol. The Hall–Kier alpha value is -3.76. The van der Waals surface area contributed by atoms with E-state index in [-0.39, 0.29) is 18.4 Å². The normalized spacial score (nSPS) is 17.2. The second-order valence-corrected chi connectivity index (χ2v) is 9.02. The molecule has 0 saturated heterocycles. The van der Waals surface area contributed by atoms with Gasteiger partial charge in [-0.3, -0.25) is 23.7 Å². The number of hydrogen-bond acceptors (Lipinski definition) is 6. The third-order valence-corrected chi connectivity index (χ3v) is 6.24. The number of aromatic nitrogens is 2. The van der Waals surface area contributed by atoms with Crippen molar-refractivity contribution < 1.29 is 23.9 Å². The summed E-state index contributed by atoms with van der Waals surface area (Å²) in [6.45, 7) is 3.35. The Balaban J connectivity index is 1.99. The van der Waals surface area contributed by atoms with Crippen molar-refractivity contribution >= 4 is 17.7 Å². The molecule has 0 aliphatic carbocycles. The highest BCUT2D eigenvalue weighted by atomic mass is 19.1. The van der Waals surface area contributed by atoms with E-state index in [2.05, 4.69) is 10.3 Å². The van der Waals surface area contributed by atoms with Crippen LogP contribution in [0.1, 0.15) is 65.7 Å². The zero-order valence-corrected chi connectivity index (χ0v) is 20.5. The van der Waals surface area contributed by atoms with E-state index in [0.29, 0.717) is 30.4 Å². The summed E-state index contributed by atoms with van der Waals surface area (Å²) in [6, 6.07) is 3.41. The smallest absolute Gasteiger partial charge is 0.312 e. The van der Waals surface area contributed by atoms with E-state index in [1.54, 1.807) is 26.0 Å². The molecule has 2 unspecified atom stereocenters. The van der Waals surface area contributed by atoms with Gasteiger partial charge in [0.2, 0.25) is 5.75 Å². The molecule has 0 saturated carbocycles. The molecule has 2 N–H and O–H groups in total. The summed E-state index contributed by atoms with van der Waals surface area (Å²) in [5.74, 6) is -3.45. The Morgan fingerprint density at radius 3 is 2.51 bits per heavy atom. The number of rotatable bonds is 4. The van der Waals surface area contributed by atoms with Crippen LogP contribution in [0.5, 0.6) is 5.75 Å². The van der Waals surface area contributed by atoms with Gasteiger partial charge in [0.1, 0.15) is 11.6 Å². The second-order valence-electron chi connectivity index (χ2n) is 9.02. The molecule has 1 aliphatic heterocycles. The zero-order valence-electron chi connectivity index (χ0n) is 20.5. The molecule has 2 atom stereocenters. The standard InChI is InChI=1S/C24H30FN5O5/c1-13-9-10-15(11-16(13)25)12-26-21(32)18-19(31)22(33)30-14(2)7-6-8-17(20(30)27-18)29(5)24(35)23(34)28(3)4/h9-11,14,17,31H,6-8,12H2,1-5H3,(H,26,32). The number of likely N-dealkylation sites (N-methyl/N-ethyl adjacent to an activating group) is 2. The van der Waals surface area contributed by atoms with Crippen molar-refractivity contribution in [1.82, 2.24) is 24.7 Å². The van der Waals surface area contributed by atoms with Crippen LogP contribution in [-0.4, -0.2) is 63.3 Å². The first-order valence-electron chi connectivity index (χ1n) is 11.3. The maximum absolute atomic E-state index is 13.8. The van der Waals surface area contributed by atoms with E-state index in [1.165, 1.54) is 36.7 Å². The van der Waals surface area contributed by atoms with Gasteiger partial charge in [-0.15, -0.1) is 0 Å². The molecule has 3 amide bonds. The fraction of sp³-hybridized carbons (Fsp3) is 0.458. The van der Waals surface area contributed by atoms with E-state index in [0.717, 1.165) is 4.90 Å². The van der Waals surface area contributed by atoms with Crippen molar-refractivity contribution in [2.75, 3.05) is 21.1 Å². The van der Waals surface area contributed by atoms with Gasteiger partial charge in [-0.2, -0.15) is 0 Å². The first-order valence-corrected chi connectivity index (χ1v) is 11.3. The van der Waals surface area contributed by atoms with Crippen molar-refractivity contribution in [2.45, 2.75) is 51.7 Å². The zero-order chi connectivity index (χ0) is 26.0. The highest BCUT2D eigenvalue weighted by molar-refractivity contribution is 6.34. The molecule has 2 aromatic rings. The Labute approximate surface area is 202 Å². The fourth-order valence-electron chi connectivity index (χ4n) is 4.09. The maximum Gasteiger partial charge on any atom is 0.312 e. The summed E-state index contributed by atoms with van der Waals surface area (Å²) < 4.78 is 15.1. The van der Waals surface area contributed by atoms with Gasteiger partial charge in [-0.05, 0) is 50.3 Å². The third kappa shape index (κ3) is 5.18. The van der Waals surface area contributed by atoms with Gasteiger partial charge < -0.3 is 20.2 Å². The van der Waals surface area contributed by atoms with Crippen LogP contribution in [0.15, 0.2) is 23.0 Å². The van der Waals surface area contributed by atoms with E-state index >= 15 is 0 Å². The summed E-state index contributed by atoms with van der Waals surface area (Å²) in [5.41, 5.74) is -0.343. The molecule has 10 nitrogen and oxygen atoms in total. The summed E-state index contributed by atoms with van der Waals surface area (Å²) >= 11 is 0. The van der Waals surface area contributed by atoms with E-state index in [1.807, 2.05) is 0 Å². The number of aromatic hydroxyl groups is 1. The van der Waals surface area contributed by atoms with E-state index < -0.39 is 46.6 Å². The lowest BCUT2D eigenvalue weighted by atomic mass is 10.1. The second kappa shape index (κ2) is 10.2. The lowest BCUT2D eigenvalue weighted by Gasteiger charge is -2.29. The minimum atomic E-state index is -0.821. The fourth-order valence-corrected chi connectivity index (χ4v) is 4.09. The van der Waals surface area contributed by atoms with Crippen molar-refractivity contribution in [3.63, 3.8) is 0 Å². The van der Waals surface area contributed by atoms with Crippen molar-refractivity contribution in [2.24, 2.45) is 0 Å². The molecule has 0 radical (unpaired) electrons. The summed E-state index contributed by atoms with van der Waals surface area (Å²) in [5, 5.41) is 13.1. The molecule has 188 valence electrons. The number of nitrogens with zero attached hydrogens (tertiary/aromatic N) is 4. The highest BCUT2D eigenvalue weighted by Crippen LogP contribution is 2.32. The average molecular weight is 488 g/mol. The van der Waals surface area contributed by atoms with Gasteiger partial charge in [-0.1, -0.05) is 12.1 Å². The van der Waals surface area contributed by atoms with Gasteiger partial charge in [-0.25, -0.2) is 9.37 Å². The average Bonchev–Trinajstić information content (AvgIpc) is 2.98. The minimum Gasteiger partial charge on any atom is -0.501 e. The Morgan fingerprint density at radius 1 is 1.20 bits per heavy atom. The first kappa shape index (κ1) is 25.9. The predicted octanol–water partition coefficient (Wildman–Crippen LogP) is 1.66. The number of halogens is 1. The van der Waals surface area contributed by atoms with E-state index in [9.17, 15) is 28.7 Å². The molecule has 3 rings (SSSR count). The summed E-state index contributed by atoms with van der Waals surface area (Å²) in [7, 11) is 4.36. The van der Waals surface area contributed by atoms with Crippen LogP contribution in [0.2, 0.25) is 0 Å². The van der Waals surface area contributed by atoms with Gasteiger partial charge >= 0.3 is 11.8 Å². The minimum absolute atomic E-state index is 0.0505. The molecule has 0 bridgehead atoms. The van der Waals surface area contributed by atoms with Crippen LogP contribution in [0.3, 0.4) is 0 Å². The Kier molecular flexibility index (Phi) is 7.57. The lowest BCUT2D eigenvalue weighted by molar-refractivity contribution is -0.151. The number of hydrogen-bond donors (Lipinski definition) is 2. The van der Waals surface area contributed by atoms with Crippen molar-refractivity contribution in [3.05, 3.63) is 57.0 Å². The number of nitrogens with one attached hydrogen (secondary N) is 1.